The lowest BCUT2D eigenvalue weighted by molar-refractivity contribution is -0.146. The van der Waals surface area contributed by atoms with Gasteiger partial charge in [-0.15, -0.1) is 0 Å². The molecule has 0 bridgehead atoms. The average molecular weight is 536 g/mol. The number of carbonyl (C=O) groups is 3. The SMILES string of the molecule is CC(C)(C)c1ccc2c(c1)C(=O)N(CCC(C(=O)O)C(O)CCc1ccc(-c3ccc(F)cc3)cc1F)C2=O. The number of aliphatic hydroxyl groups excluding tert-OH is 1. The molecule has 0 radical (unpaired) electrons. The Labute approximate surface area is 225 Å². The molecule has 0 saturated heterocycles. The molecular formula is C31H31F2NO5. The van der Waals surface area contributed by atoms with Gasteiger partial charge in [-0.05, 0) is 77.3 Å². The van der Waals surface area contributed by atoms with Crippen LogP contribution in [0.25, 0.3) is 11.1 Å². The van der Waals surface area contributed by atoms with E-state index in [0.29, 0.717) is 22.3 Å². The van der Waals surface area contributed by atoms with Crippen LogP contribution in [0.3, 0.4) is 0 Å². The predicted molar refractivity (Wildman–Crippen MR) is 142 cm³/mol. The predicted octanol–water partition coefficient (Wildman–Crippen LogP) is 5.61. The van der Waals surface area contributed by atoms with E-state index in [1.54, 1.807) is 36.4 Å². The highest BCUT2D eigenvalue weighted by Crippen LogP contribution is 2.30. The molecule has 1 aliphatic rings. The number of aliphatic hydroxyl groups is 1. The number of nitrogens with zero attached hydrogens (tertiary/aromatic N) is 1. The number of rotatable bonds is 9. The van der Waals surface area contributed by atoms with E-state index in [-0.39, 0.29) is 36.8 Å². The first-order valence-corrected chi connectivity index (χ1v) is 12.8. The maximum Gasteiger partial charge on any atom is 0.309 e. The van der Waals surface area contributed by atoms with Gasteiger partial charge >= 0.3 is 5.97 Å². The maximum atomic E-state index is 14.7. The average Bonchev–Trinajstić information content (AvgIpc) is 3.12. The van der Waals surface area contributed by atoms with Crippen LogP contribution in [-0.2, 0) is 16.6 Å². The van der Waals surface area contributed by atoms with Gasteiger partial charge < -0.3 is 10.2 Å². The van der Waals surface area contributed by atoms with Gasteiger partial charge in [-0.2, -0.15) is 0 Å². The standard InChI is InChI=1S/C31H31F2NO5/c1-31(2,3)21-9-12-23-25(17-21)29(37)34(28(23)36)15-14-24(30(38)39)27(35)13-8-19-4-5-20(16-26(19)33)18-6-10-22(32)11-7-18/h4-7,9-12,16-17,24,27,35H,8,13-15H2,1-3H3,(H,38,39). The summed E-state index contributed by atoms with van der Waals surface area (Å²) in [4.78, 5) is 38.8. The van der Waals surface area contributed by atoms with E-state index >= 15 is 0 Å². The minimum Gasteiger partial charge on any atom is -0.481 e. The van der Waals surface area contributed by atoms with Gasteiger partial charge in [0.05, 0.1) is 23.1 Å². The first-order chi connectivity index (χ1) is 18.4. The summed E-state index contributed by atoms with van der Waals surface area (Å²) in [6.45, 7) is 5.83. The summed E-state index contributed by atoms with van der Waals surface area (Å²) in [6.07, 6.45) is -1.40. The van der Waals surface area contributed by atoms with Gasteiger partial charge in [0.2, 0.25) is 0 Å². The highest BCUT2D eigenvalue weighted by Gasteiger charge is 2.37. The fourth-order valence-electron chi connectivity index (χ4n) is 4.79. The second-order valence-corrected chi connectivity index (χ2v) is 10.9. The van der Waals surface area contributed by atoms with Crippen molar-refractivity contribution in [2.45, 2.75) is 51.6 Å². The van der Waals surface area contributed by atoms with E-state index in [1.165, 1.54) is 18.2 Å². The molecule has 0 saturated carbocycles. The van der Waals surface area contributed by atoms with Crippen molar-refractivity contribution < 1.29 is 33.4 Å². The number of amides is 2. The Kier molecular flexibility index (Phi) is 7.97. The van der Waals surface area contributed by atoms with Crippen molar-refractivity contribution in [1.29, 1.82) is 0 Å². The molecule has 3 aromatic rings. The van der Waals surface area contributed by atoms with E-state index in [0.717, 1.165) is 10.5 Å². The van der Waals surface area contributed by atoms with Crippen LogP contribution in [0.2, 0.25) is 0 Å². The lowest BCUT2D eigenvalue weighted by atomic mass is 9.85. The van der Waals surface area contributed by atoms with E-state index in [9.17, 15) is 33.4 Å². The summed E-state index contributed by atoms with van der Waals surface area (Å²) in [5.74, 6) is -4.39. The van der Waals surface area contributed by atoms with Crippen molar-refractivity contribution in [2.24, 2.45) is 5.92 Å². The molecule has 1 aliphatic heterocycles. The first-order valence-electron chi connectivity index (χ1n) is 12.8. The molecule has 8 heteroatoms. The Bertz CT molecular complexity index is 1410. The van der Waals surface area contributed by atoms with Gasteiger partial charge in [-0.25, -0.2) is 8.78 Å². The zero-order valence-corrected chi connectivity index (χ0v) is 22.1. The molecule has 3 aromatic carbocycles. The number of aliphatic carboxylic acids is 1. The highest BCUT2D eigenvalue weighted by atomic mass is 19.1. The molecule has 2 N–H and O–H groups in total. The number of carboxylic acid groups (broad SMARTS) is 1. The van der Waals surface area contributed by atoms with Crippen LogP contribution in [-0.4, -0.2) is 45.5 Å². The van der Waals surface area contributed by atoms with Gasteiger partial charge in [0.15, 0.2) is 0 Å². The van der Waals surface area contributed by atoms with Gasteiger partial charge in [0.1, 0.15) is 11.6 Å². The topological polar surface area (TPSA) is 94.9 Å². The Morgan fingerprint density at radius 2 is 1.51 bits per heavy atom. The third-order valence-electron chi connectivity index (χ3n) is 7.22. The zero-order valence-electron chi connectivity index (χ0n) is 22.1. The third-order valence-corrected chi connectivity index (χ3v) is 7.22. The minimum atomic E-state index is -1.32. The monoisotopic (exact) mass is 535 g/mol. The Balaban J connectivity index is 1.39. The summed E-state index contributed by atoms with van der Waals surface area (Å²) in [7, 11) is 0. The molecule has 0 aromatic heterocycles. The second kappa shape index (κ2) is 11.1. The number of fused-ring (bicyclic) bond motifs is 1. The van der Waals surface area contributed by atoms with Gasteiger partial charge in [0.25, 0.3) is 11.8 Å². The van der Waals surface area contributed by atoms with Crippen LogP contribution < -0.4 is 0 Å². The molecule has 2 unspecified atom stereocenters. The molecule has 6 nitrogen and oxygen atoms in total. The van der Waals surface area contributed by atoms with E-state index in [4.69, 9.17) is 0 Å². The summed E-state index contributed by atoms with van der Waals surface area (Å²) in [6, 6.07) is 15.3. The second-order valence-electron chi connectivity index (χ2n) is 10.9. The third kappa shape index (κ3) is 6.06. The molecule has 204 valence electrons. The molecule has 2 atom stereocenters. The summed E-state index contributed by atoms with van der Waals surface area (Å²) in [5, 5.41) is 20.4. The minimum absolute atomic E-state index is 0.0269. The van der Waals surface area contributed by atoms with Crippen molar-refractivity contribution in [3.05, 3.63) is 94.6 Å². The van der Waals surface area contributed by atoms with E-state index in [2.05, 4.69) is 0 Å². The van der Waals surface area contributed by atoms with Crippen molar-refractivity contribution in [2.75, 3.05) is 6.54 Å². The van der Waals surface area contributed by atoms with Crippen LogP contribution in [0.15, 0.2) is 60.7 Å². The normalized spacial score (nSPS) is 14.9. The molecular weight excluding hydrogens is 504 g/mol. The van der Waals surface area contributed by atoms with E-state index < -0.39 is 41.4 Å². The number of aryl methyl sites for hydroxylation is 1. The van der Waals surface area contributed by atoms with E-state index in [1.807, 2.05) is 26.8 Å². The summed E-state index contributed by atoms with van der Waals surface area (Å²) < 4.78 is 27.9. The quantitative estimate of drug-likeness (QED) is 0.348. The number of hydrogen-bond donors (Lipinski definition) is 2. The molecule has 0 fully saturated rings. The number of halogens is 2. The fraction of sp³-hybridized carbons (Fsp3) is 0.323. The highest BCUT2D eigenvalue weighted by molar-refractivity contribution is 6.21. The van der Waals surface area contributed by atoms with Crippen molar-refractivity contribution in [3.63, 3.8) is 0 Å². The van der Waals surface area contributed by atoms with Gasteiger partial charge in [-0.3, -0.25) is 19.3 Å². The van der Waals surface area contributed by atoms with Crippen molar-refractivity contribution in [3.8, 4) is 11.1 Å². The smallest absolute Gasteiger partial charge is 0.309 e. The van der Waals surface area contributed by atoms with Crippen LogP contribution in [0.5, 0.6) is 0 Å². The van der Waals surface area contributed by atoms with Gasteiger partial charge in [-0.1, -0.05) is 51.1 Å². The summed E-state index contributed by atoms with van der Waals surface area (Å²) >= 11 is 0. The largest absolute Gasteiger partial charge is 0.481 e. The van der Waals surface area contributed by atoms with Crippen molar-refractivity contribution in [1.82, 2.24) is 4.90 Å². The Morgan fingerprint density at radius 3 is 2.13 bits per heavy atom. The van der Waals surface area contributed by atoms with Crippen LogP contribution in [0.1, 0.15) is 65.5 Å². The van der Waals surface area contributed by atoms with Crippen LogP contribution in [0, 0.1) is 17.6 Å². The molecule has 4 rings (SSSR count). The number of imide groups is 1. The lowest BCUT2D eigenvalue weighted by Crippen LogP contribution is -2.36. The zero-order chi connectivity index (χ0) is 28.5. The lowest BCUT2D eigenvalue weighted by Gasteiger charge is -2.22. The molecule has 2 amide bonds. The maximum absolute atomic E-state index is 14.7. The number of benzene rings is 3. The number of carbonyl (C=O) groups excluding carboxylic acids is 2. The number of hydrogen-bond acceptors (Lipinski definition) is 4. The molecule has 0 aliphatic carbocycles. The summed E-state index contributed by atoms with van der Waals surface area (Å²) in [5.41, 5.74) is 2.77. The van der Waals surface area contributed by atoms with Crippen LogP contribution >= 0.6 is 0 Å². The van der Waals surface area contributed by atoms with Gasteiger partial charge in [0, 0.05) is 6.54 Å². The van der Waals surface area contributed by atoms with Crippen LogP contribution in [0.4, 0.5) is 8.78 Å². The Hall–Kier alpha value is -3.91. The first kappa shape index (κ1) is 28.1. The molecule has 0 spiro atoms. The molecule has 1 heterocycles. The number of carboxylic acids is 1. The van der Waals surface area contributed by atoms with Crippen molar-refractivity contribution >= 4 is 17.8 Å². The molecule has 39 heavy (non-hydrogen) atoms. The Morgan fingerprint density at radius 1 is 0.872 bits per heavy atom. The fourth-order valence-corrected chi connectivity index (χ4v) is 4.79.